The maximum atomic E-state index is 11.5. The Morgan fingerprint density at radius 2 is 2.50 bits per heavy atom. The molecule has 2 rings (SSSR count). The Labute approximate surface area is 87.7 Å². The number of nitrogens with one attached hydrogen (secondary N) is 1. The van der Waals surface area contributed by atoms with Crippen molar-refractivity contribution in [1.82, 2.24) is 10.2 Å². The molecule has 0 unspecified atom stereocenters. The van der Waals surface area contributed by atoms with E-state index in [1.807, 2.05) is 0 Å². The fourth-order valence-electron chi connectivity index (χ4n) is 0.848. The molecule has 2 aromatic heterocycles. The number of hydrogen-bond donors (Lipinski definition) is 1. The van der Waals surface area contributed by atoms with Crippen LogP contribution in [0.2, 0.25) is 5.22 Å². The molecule has 1 N–H and O–H groups in total. The molecule has 0 saturated carbocycles. The Morgan fingerprint density at radius 3 is 3.07 bits per heavy atom. The minimum atomic E-state index is -0.361. The first-order valence-corrected chi connectivity index (χ1v) is 4.83. The van der Waals surface area contributed by atoms with Gasteiger partial charge in [0.15, 0.2) is 0 Å². The fourth-order valence-corrected chi connectivity index (χ4v) is 1.49. The van der Waals surface area contributed by atoms with Crippen LogP contribution in [-0.2, 0) is 0 Å². The zero-order valence-corrected chi connectivity index (χ0v) is 8.30. The van der Waals surface area contributed by atoms with Crippen LogP contribution in [0.5, 0.6) is 0 Å². The van der Waals surface area contributed by atoms with Gasteiger partial charge in [-0.2, -0.15) is 0 Å². The summed E-state index contributed by atoms with van der Waals surface area (Å²) in [6.07, 6.45) is 1.34. The highest BCUT2D eigenvalue weighted by molar-refractivity contribution is 7.13. The molecule has 5 nitrogen and oxygen atoms in total. The van der Waals surface area contributed by atoms with Crippen molar-refractivity contribution < 1.29 is 9.21 Å². The Balaban J connectivity index is 2.14. The van der Waals surface area contributed by atoms with E-state index >= 15 is 0 Å². The van der Waals surface area contributed by atoms with E-state index in [1.54, 1.807) is 0 Å². The Kier molecular flexibility index (Phi) is 2.47. The minimum Gasteiger partial charge on any atom is -0.452 e. The average molecular weight is 230 g/mol. The van der Waals surface area contributed by atoms with E-state index in [1.165, 1.54) is 29.2 Å². The zero-order valence-electron chi connectivity index (χ0n) is 6.73. The molecular formula is C7H4ClN3O2S. The molecule has 7 heteroatoms. The van der Waals surface area contributed by atoms with E-state index in [4.69, 9.17) is 16.0 Å². The molecule has 72 valence electrons. The molecule has 0 aromatic carbocycles. The summed E-state index contributed by atoms with van der Waals surface area (Å²) in [5.41, 5.74) is 1.80. The van der Waals surface area contributed by atoms with E-state index in [2.05, 4.69) is 15.5 Å². The number of hydrogen-bond acceptors (Lipinski definition) is 5. The Morgan fingerprint density at radius 1 is 1.64 bits per heavy atom. The maximum absolute atomic E-state index is 11.5. The van der Waals surface area contributed by atoms with Crippen molar-refractivity contribution in [1.29, 1.82) is 0 Å². The van der Waals surface area contributed by atoms with Gasteiger partial charge in [0.05, 0.1) is 11.8 Å². The van der Waals surface area contributed by atoms with Gasteiger partial charge in [-0.15, -0.1) is 10.2 Å². The molecule has 0 aliphatic carbocycles. The van der Waals surface area contributed by atoms with E-state index in [0.717, 1.165) is 0 Å². The van der Waals surface area contributed by atoms with E-state index in [-0.39, 0.29) is 16.7 Å². The van der Waals surface area contributed by atoms with Crippen molar-refractivity contribution in [2.45, 2.75) is 0 Å². The molecule has 0 atom stereocenters. The SMILES string of the molecule is O=C(Nc1nncs1)c1ccoc1Cl. The van der Waals surface area contributed by atoms with Crippen LogP contribution in [0.15, 0.2) is 22.3 Å². The number of amides is 1. The number of aromatic nitrogens is 2. The molecule has 0 saturated heterocycles. The minimum absolute atomic E-state index is 0.0621. The standard InChI is InChI=1S/C7H4ClN3O2S/c8-5-4(1-2-13-5)6(12)10-7-11-9-3-14-7/h1-3H,(H,10,11,12). The zero-order chi connectivity index (χ0) is 9.97. The van der Waals surface area contributed by atoms with Crippen molar-refractivity contribution in [3.8, 4) is 0 Å². The Bertz CT molecular complexity index is 439. The summed E-state index contributed by atoms with van der Waals surface area (Å²) < 4.78 is 4.78. The average Bonchev–Trinajstić information content (AvgIpc) is 2.75. The summed E-state index contributed by atoms with van der Waals surface area (Å²) in [6.45, 7) is 0. The summed E-state index contributed by atoms with van der Waals surface area (Å²) in [4.78, 5) is 11.5. The number of nitrogens with zero attached hydrogens (tertiary/aromatic N) is 2. The quantitative estimate of drug-likeness (QED) is 0.856. The predicted molar refractivity (Wildman–Crippen MR) is 51.6 cm³/mol. The van der Waals surface area contributed by atoms with Crippen LogP contribution in [0.3, 0.4) is 0 Å². The lowest BCUT2D eigenvalue weighted by atomic mass is 10.3. The number of furan rings is 1. The molecular weight excluding hydrogens is 226 g/mol. The van der Waals surface area contributed by atoms with Gasteiger partial charge < -0.3 is 4.42 Å². The number of rotatable bonds is 2. The van der Waals surface area contributed by atoms with Gasteiger partial charge in [-0.3, -0.25) is 10.1 Å². The topological polar surface area (TPSA) is 68.0 Å². The first kappa shape index (κ1) is 9.17. The van der Waals surface area contributed by atoms with Crippen molar-refractivity contribution in [3.63, 3.8) is 0 Å². The van der Waals surface area contributed by atoms with Crippen molar-refractivity contribution in [3.05, 3.63) is 28.6 Å². The summed E-state index contributed by atoms with van der Waals surface area (Å²) >= 11 is 6.84. The highest BCUT2D eigenvalue weighted by Crippen LogP contribution is 2.18. The van der Waals surface area contributed by atoms with Gasteiger partial charge in [0.1, 0.15) is 5.51 Å². The smallest absolute Gasteiger partial charge is 0.262 e. The second kappa shape index (κ2) is 3.77. The first-order chi connectivity index (χ1) is 6.77. The van der Waals surface area contributed by atoms with Gasteiger partial charge in [-0.1, -0.05) is 11.3 Å². The van der Waals surface area contributed by atoms with Crippen LogP contribution in [0.4, 0.5) is 5.13 Å². The molecule has 1 amide bonds. The molecule has 2 aromatic rings. The second-order valence-electron chi connectivity index (χ2n) is 2.31. The third-order valence-corrected chi connectivity index (χ3v) is 2.34. The largest absolute Gasteiger partial charge is 0.452 e. The molecule has 0 spiro atoms. The number of halogens is 1. The lowest BCUT2D eigenvalue weighted by molar-refractivity contribution is 0.102. The molecule has 0 radical (unpaired) electrons. The number of anilines is 1. The molecule has 0 aliphatic rings. The van der Waals surface area contributed by atoms with Gasteiger partial charge in [-0.25, -0.2) is 0 Å². The van der Waals surface area contributed by atoms with Crippen LogP contribution < -0.4 is 5.32 Å². The number of carbonyl (C=O) groups excluding carboxylic acids is 1. The van der Waals surface area contributed by atoms with Gasteiger partial charge in [0, 0.05) is 0 Å². The maximum Gasteiger partial charge on any atom is 0.262 e. The summed E-state index contributed by atoms with van der Waals surface area (Å²) in [6, 6.07) is 1.48. The van der Waals surface area contributed by atoms with Gasteiger partial charge in [0.25, 0.3) is 5.91 Å². The second-order valence-corrected chi connectivity index (χ2v) is 3.48. The molecule has 14 heavy (non-hydrogen) atoms. The highest BCUT2D eigenvalue weighted by Gasteiger charge is 2.13. The summed E-state index contributed by atoms with van der Waals surface area (Å²) in [5, 5.41) is 10.2. The molecule has 2 heterocycles. The molecule has 0 aliphatic heterocycles. The summed E-state index contributed by atoms with van der Waals surface area (Å²) in [7, 11) is 0. The third kappa shape index (κ3) is 1.75. The first-order valence-electron chi connectivity index (χ1n) is 3.58. The van der Waals surface area contributed by atoms with Crippen LogP contribution in [0.25, 0.3) is 0 Å². The van der Waals surface area contributed by atoms with Crippen LogP contribution in [0, 0.1) is 0 Å². The monoisotopic (exact) mass is 229 g/mol. The van der Waals surface area contributed by atoms with Gasteiger partial charge in [0.2, 0.25) is 10.4 Å². The van der Waals surface area contributed by atoms with Crippen molar-refractivity contribution in [2.75, 3.05) is 5.32 Å². The third-order valence-electron chi connectivity index (χ3n) is 1.44. The van der Waals surface area contributed by atoms with Crippen molar-refractivity contribution in [2.24, 2.45) is 0 Å². The fraction of sp³-hybridized carbons (Fsp3) is 0. The Hall–Kier alpha value is -1.40. The van der Waals surface area contributed by atoms with E-state index in [0.29, 0.717) is 5.13 Å². The lowest BCUT2D eigenvalue weighted by Gasteiger charge is -1.96. The molecule has 0 fully saturated rings. The highest BCUT2D eigenvalue weighted by atomic mass is 35.5. The van der Waals surface area contributed by atoms with Crippen LogP contribution in [0.1, 0.15) is 10.4 Å². The van der Waals surface area contributed by atoms with E-state index in [9.17, 15) is 4.79 Å². The number of carbonyl (C=O) groups is 1. The van der Waals surface area contributed by atoms with E-state index < -0.39 is 0 Å². The van der Waals surface area contributed by atoms with Gasteiger partial charge in [-0.05, 0) is 17.7 Å². The molecule has 0 bridgehead atoms. The van der Waals surface area contributed by atoms with Gasteiger partial charge >= 0.3 is 0 Å². The summed E-state index contributed by atoms with van der Waals surface area (Å²) in [5.74, 6) is -0.361. The van der Waals surface area contributed by atoms with Crippen molar-refractivity contribution >= 4 is 34.0 Å². The lowest BCUT2D eigenvalue weighted by Crippen LogP contribution is -2.11. The predicted octanol–water partition coefficient (Wildman–Crippen LogP) is 2.04. The normalized spacial score (nSPS) is 10.1. The van der Waals surface area contributed by atoms with Crippen LogP contribution >= 0.6 is 22.9 Å². The van der Waals surface area contributed by atoms with Crippen LogP contribution in [-0.4, -0.2) is 16.1 Å².